The van der Waals surface area contributed by atoms with E-state index in [0.29, 0.717) is 6.61 Å². The standard InChI is InChI=1S/C11H16ClN3O2/c1-11(2,6-17-3)15-10(16)9-7(12)4-5-8(13)14-9/h4-5H,6H2,1-3H3,(H2,13,14)(H,15,16). The average molecular weight is 258 g/mol. The molecule has 5 nitrogen and oxygen atoms in total. The second-order valence-corrected chi connectivity index (χ2v) is 4.74. The minimum absolute atomic E-state index is 0.121. The van der Waals surface area contributed by atoms with Gasteiger partial charge in [-0.1, -0.05) is 11.6 Å². The molecule has 0 aliphatic rings. The topological polar surface area (TPSA) is 77.2 Å². The highest BCUT2D eigenvalue weighted by Crippen LogP contribution is 2.16. The number of nitrogen functional groups attached to an aromatic ring is 1. The highest BCUT2D eigenvalue weighted by Gasteiger charge is 2.23. The SMILES string of the molecule is COCC(C)(C)NC(=O)c1nc(N)ccc1Cl. The Morgan fingerprint density at radius 2 is 2.24 bits per heavy atom. The van der Waals surface area contributed by atoms with Gasteiger partial charge in [0.25, 0.3) is 5.91 Å². The van der Waals surface area contributed by atoms with Crippen LogP contribution in [-0.4, -0.2) is 30.1 Å². The molecule has 0 fully saturated rings. The van der Waals surface area contributed by atoms with Crippen LogP contribution in [0.2, 0.25) is 5.02 Å². The van der Waals surface area contributed by atoms with Gasteiger partial charge in [-0.05, 0) is 26.0 Å². The zero-order valence-electron chi connectivity index (χ0n) is 10.1. The van der Waals surface area contributed by atoms with E-state index in [4.69, 9.17) is 22.1 Å². The van der Waals surface area contributed by atoms with Gasteiger partial charge in [-0.15, -0.1) is 0 Å². The van der Waals surface area contributed by atoms with Gasteiger partial charge in [0.1, 0.15) is 11.5 Å². The minimum atomic E-state index is -0.499. The van der Waals surface area contributed by atoms with E-state index in [-0.39, 0.29) is 22.4 Å². The van der Waals surface area contributed by atoms with Gasteiger partial charge in [0, 0.05) is 7.11 Å². The number of methoxy groups -OCH3 is 1. The van der Waals surface area contributed by atoms with Crippen molar-refractivity contribution in [1.82, 2.24) is 10.3 Å². The van der Waals surface area contributed by atoms with Crippen LogP contribution in [0.3, 0.4) is 0 Å². The molecule has 17 heavy (non-hydrogen) atoms. The van der Waals surface area contributed by atoms with Crippen molar-refractivity contribution < 1.29 is 9.53 Å². The van der Waals surface area contributed by atoms with Crippen molar-refractivity contribution in [3.63, 3.8) is 0 Å². The Morgan fingerprint density at radius 1 is 1.59 bits per heavy atom. The first kappa shape index (κ1) is 13.7. The lowest BCUT2D eigenvalue weighted by atomic mass is 10.1. The highest BCUT2D eigenvalue weighted by atomic mass is 35.5. The molecule has 0 unspecified atom stereocenters. The summed E-state index contributed by atoms with van der Waals surface area (Å²) in [5.41, 5.74) is 5.14. The molecule has 0 aliphatic carbocycles. The molecule has 3 N–H and O–H groups in total. The van der Waals surface area contributed by atoms with E-state index in [9.17, 15) is 4.79 Å². The van der Waals surface area contributed by atoms with E-state index < -0.39 is 5.54 Å². The fourth-order valence-electron chi connectivity index (χ4n) is 1.38. The Bertz CT molecular complexity index is 421. The molecule has 94 valence electrons. The number of halogens is 1. The first-order valence-electron chi connectivity index (χ1n) is 5.09. The molecule has 0 spiro atoms. The van der Waals surface area contributed by atoms with E-state index in [0.717, 1.165) is 0 Å². The lowest BCUT2D eigenvalue weighted by Crippen LogP contribution is -2.47. The fraction of sp³-hybridized carbons (Fsp3) is 0.455. The molecule has 1 amide bonds. The number of anilines is 1. The van der Waals surface area contributed by atoms with E-state index in [1.54, 1.807) is 19.2 Å². The van der Waals surface area contributed by atoms with Crippen molar-refractivity contribution in [1.29, 1.82) is 0 Å². The summed E-state index contributed by atoms with van der Waals surface area (Å²) >= 11 is 5.89. The zero-order valence-corrected chi connectivity index (χ0v) is 10.8. The van der Waals surface area contributed by atoms with Gasteiger partial charge in [-0.2, -0.15) is 0 Å². The monoisotopic (exact) mass is 257 g/mol. The second kappa shape index (κ2) is 5.33. The van der Waals surface area contributed by atoms with Crippen molar-refractivity contribution in [3.05, 3.63) is 22.8 Å². The maximum absolute atomic E-state index is 11.9. The molecule has 0 atom stereocenters. The van der Waals surface area contributed by atoms with Crippen LogP contribution in [0.1, 0.15) is 24.3 Å². The molecular weight excluding hydrogens is 242 g/mol. The number of nitrogens with zero attached hydrogens (tertiary/aromatic N) is 1. The van der Waals surface area contributed by atoms with Crippen molar-refractivity contribution in [2.24, 2.45) is 0 Å². The normalized spacial score (nSPS) is 11.3. The smallest absolute Gasteiger partial charge is 0.272 e. The number of carbonyl (C=O) groups is 1. The fourth-order valence-corrected chi connectivity index (χ4v) is 1.57. The molecule has 1 aromatic rings. The van der Waals surface area contributed by atoms with Crippen LogP contribution in [0.5, 0.6) is 0 Å². The number of amides is 1. The predicted molar refractivity (Wildman–Crippen MR) is 67.1 cm³/mol. The number of nitrogens with one attached hydrogen (secondary N) is 1. The number of hydrogen-bond acceptors (Lipinski definition) is 4. The van der Waals surface area contributed by atoms with Crippen LogP contribution in [0.15, 0.2) is 12.1 Å². The summed E-state index contributed by atoms with van der Waals surface area (Å²) in [5, 5.41) is 3.04. The molecule has 0 aromatic carbocycles. The Labute approximate surface area is 105 Å². The van der Waals surface area contributed by atoms with Crippen LogP contribution >= 0.6 is 11.6 Å². The number of nitrogens with two attached hydrogens (primary N) is 1. The quantitative estimate of drug-likeness (QED) is 0.856. The summed E-state index contributed by atoms with van der Waals surface area (Å²) in [6.07, 6.45) is 0. The predicted octanol–water partition coefficient (Wildman–Crippen LogP) is 1.47. The maximum atomic E-state index is 11.9. The lowest BCUT2D eigenvalue weighted by molar-refractivity contribution is 0.0815. The van der Waals surface area contributed by atoms with Gasteiger partial charge in [0.2, 0.25) is 0 Å². The minimum Gasteiger partial charge on any atom is -0.384 e. The molecular formula is C11H16ClN3O2. The van der Waals surface area contributed by atoms with E-state index in [1.807, 2.05) is 13.8 Å². The van der Waals surface area contributed by atoms with Gasteiger partial charge >= 0.3 is 0 Å². The molecule has 0 radical (unpaired) electrons. The zero-order chi connectivity index (χ0) is 13.1. The van der Waals surface area contributed by atoms with Gasteiger partial charge < -0.3 is 15.8 Å². The highest BCUT2D eigenvalue weighted by molar-refractivity contribution is 6.33. The van der Waals surface area contributed by atoms with Crippen LogP contribution in [0, 0.1) is 0 Å². The third-order valence-electron chi connectivity index (χ3n) is 2.04. The van der Waals surface area contributed by atoms with Crippen LogP contribution in [0.25, 0.3) is 0 Å². The van der Waals surface area contributed by atoms with Crippen LogP contribution < -0.4 is 11.1 Å². The Kier molecular flexibility index (Phi) is 4.31. The number of rotatable bonds is 4. The summed E-state index contributed by atoms with van der Waals surface area (Å²) in [6, 6.07) is 3.08. The number of pyridine rings is 1. The molecule has 0 aliphatic heterocycles. The Hall–Kier alpha value is -1.33. The van der Waals surface area contributed by atoms with Crippen molar-refractivity contribution >= 4 is 23.3 Å². The number of aromatic nitrogens is 1. The molecule has 0 saturated heterocycles. The summed E-state index contributed by atoms with van der Waals surface area (Å²) in [5.74, 6) is -0.117. The van der Waals surface area contributed by atoms with Gasteiger partial charge in [0.05, 0.1) is 17.2 Å². The first-order chi connectivity index (χ1) is 7.85. The van der Waals surface area contributed by atoms with Gasteiger partial charge in [-0.3, -0.25) is 4.79 Å². The molecule has 1 aromatic heterocycles. The summed E-state index contributed by atoms with van der Waals surface area (Å²) in [6.45, 7) is 4.07. The molecule has 1 heterocycles. The van der Waals surface area contributed by atoms with Crippen molar-refractivity contribution in [3.8, 4) is 0 Å². The third-order valence-corrected chi connectivity index (χ3v) is 2.34. The first-order valence-corrected chi connectivity index (χ1v) is 5.47. The Morgan fingerprint density at radius 3 is 2.82 bits per heavy atom. The van der Waals surface area contributed by atoms with E-state index in [1.165, 1.54) is 0 Å². The van der Waals surface area contributed by atoms with Crippen LogP contribution in [0.4, 0.5) is 5.82 Å². The molecule has 1 rings (SSSR count). The number of ether oxygens (including phenoxy) is 1. The summed E-state index contributed by atoms with van der Waals surface area (Å²) < 4.78 is 5.00. The molecule has 0 bridgehead atoms. The summed E-state index contributed by atoms with van der Waals surface area (Å²) in [4.78, 5) is 15.8. The average Bonchev–Trinajstić information content (AvgIpc) is 2.20. The third kappa shape index (κ3) is 3.87. The van der Waals surface area contributed by atoms with Crippen molar-refractivity contribution in [2.45, 2.75) is 19.4 Å². The number of carbonyl (C=O) groups excluding carboxylic acids is 1. The largest absolute Gasteiger partial charge is 0.384 e. The lowest BCUT2D eigenvalue weighted by Gasteiger charge is -2.25. The molecule has 0 saturated carbocycles. The van der Waals surface area contributed by atoms with Gasteiger partial charge in [-0.25, -0.2) is 4.98 Å². The maximum Gasteiger partial charge on any atom is 0.272 e. The summed E-state index contributed by atoms with van der Waals surface area (Å²) in [7, 11) is 1.57. The molecule has 6 heteroatoms. The van der Waals surface area contributed by atoms with Crippen LogP contribution in [-0.2, 0) is 4.74 Å². The van der Waals surface area contributed by atoms with E-state index >= 15 is 0 Å². The Balaban J connectivity index is 2.86. The van der Waals surface area contributed by atoms with Crippen molar-refractivity contribution in [2.75, 3.05) is 19.5 Å². The second-order valence-electron chi connectivity index (χ2n) is 4.34. The van der Waals surface area contributed by atoms with E-state index in [2.05, 4.69) is 10.3 Å². The number of hydrogen-bond donors (Lipinski definition) is 2. The van der Waals surface area contributed by atoms with Gasteiger partial charge in [0.15, 0.2) is 0 Å².